The number of carbonyl (C=O) groups is 1. The van der Waals surface area contributed by atoms with Crippen molar-refractivity contribution in [3.05, 3.63) is 0 Å². The highest BCUT2D eigenvalue weighted by Crippen LogP contribution is 2.02. The van der Waals surface area contributed by atoms with Crippen molar-refractivity contribution in [2.24, 2.45) is 11.7 Å². The third-order valence-corrected chi connectivity index (χ3v) is 1.33. The number of rotatable bonds is 6. The van der Waals surface area contributed by atoms with Gasteiger partial charge in [0.15, 0.2) is 0 Å². The van der Waals surface area contributed by atoms with Gasteiger partial charge in [-0.3, -0.25) is 0 Å². The topological polar surface area (TPSA) is 72.5 Å². The highest BCUT2D eigenvalue weighted by atomic mass is 16.5. The van der Waals surface area contributed by atoms with Crippen molar-refractivity contribution >= 4 is 5.97 Å². The van der Waals surface area contributed by atoms with Crippen LogP contribution in [0.4, 0.5) is 0 Å². The summed E-state index contributed by atoms with van der Waals surface area (Å²) in [4.78, 5) is 10.0. The van der Waals surface area contributed by atoms with E-state index in [1.807, 2.05) is 0 Å². The molecule has 0 spiro atoms. The Morgan fingerprint density at radius 2 is 2.17 bits per heavy atom. The molecular weight excluding hydrogens is 158 g/mol. The molecule has 0 aliphatic heterocycles. The van der Waals surface area contributed by atoms with E-state index in [0.717, 1.165) is 6.42 Å². The Balaban J connectivity index is 3.31. The molecule has 4 nitrogen and oxygen atoms in total. The van der Waals surface area contributed by atoms with E-state index < -0.39 is 5.97 Å². The lowest BCUT2D eigenvalue weighted by Gasteiger charge is -2.12. The van der Waals surface area contributed by atoms with E-state index in [4.69, 9.17) is 15.6 Å². The molecule has 1 unspecified atom stereocenters. The zero-order valence-electron chi connectivity index (χ0n) is 7.62. The standard InChI is InChI=1S/C8H17NO3/c1-6(2)3-7(9)4-12-5-8(10)11/h6-7H,3-5,9H2,1-2H3,(H,10,11). The smallest absolute Gasteiger partial charge is 0.329 e. The molecule has 0 rings (SSSR count). The molecule has 4 heteroatoms. The maximum Gasteiger partial charge on any atom is 0.329 e. The van der Waals surface area contributed by atoms with Crippen LogP contribution in [-0.4, -0.2) is 30.3 Å². The third-order valence-electron chi connectivity index (χ3n) is 1.33. The molecule has 0 fully saturated rings. The van der Waals surface area contributed by atoms with Gasteiger partial charge in [-0.05, 0) is 12.3 Å². The summed E-state index contributed by atoms with van der Waals surface area (Å²) in [6, 6.07) is -0.0515. The normalized spacial score (nSPS) is 13.3. The molecule has 0 radical (unpaired) electrons. The summed E-state index contributed by atoms with van der Waals surface area (Å²) in [5, 5.41) is 8.24. The van der Waals surface area contributed by atoms with Crippen LogP contribution in [-0.2, 0) is 9.53 Å². The van der Waals surface area contributed by atoms with Crippen LogP contribution in [0.1, 0.15) is 20.3 Å². The molecule has 0 aromatic carbocycles. The molecule has 0 aromatic heterocycles. The highest BCUT2D eigenvalue weighted by Gasteiger charge is 2.06. The molecular formula is C8H17NO3. The monoisotopic (exact) mass is 175 g/mol. The minimum atomic E-state index is -0.952. The molecule has 1 atom stereocenters. The summed E-state index contributed by atoms with van der Waals surface area (Å²) < 4.78 is 4.83. The Morgan fingerprint density at radius 1 is 1.58 bits per heavy atom. The molecule has 0 aliphatic carbocycles. The van der Waals surface area contributed by atoms with Gasteiger partial charge in [-0.15, -0.1) is 0 Å². The van der Waals surface area contributed by atoms with Crippen molar-refractivity contribution in [3.8, 4) is 0 Å². The Bertz CT molecular complexity index is 136. The fraction of sp³-hybridized carbons (Fsp3) is 0.875. The van der Waals surface area contributed by atoms with Crippen molar-refractivity contribution < 1.29 is 14.6 Å². The summed E-state index contributed by atoms with van der Waals surface area (Å²) in [6.45, 7) is 4.20. The summed E-state index contributed by atoms with van der Waals surface area (Å²) in [5.74, 6) is -0.430. The second-order valence-electron chi connectivity index (χ2n) is 3.30. The zero-order chi connectivity index (χ0) is 9.56. The lowest BCUT2D eigenvalue weighted by molar-refractivity contribution is -0.142. The van der Waals surface area contributed by atoms with Crippen LogP contribution in [0.2, 0.25) is 0 Å². The Morgan fingerprint density at radius 3 is 2.58 bits per heavy atom. The first-order valence-corrected chi connectivity index (χ1v) is 4.07. The van der Waals surface area contributed by atoms with Crippen LogP contribution in [0.3, 0.4) is 0 Å². The lowest BCUT2D eigenvalue weighted by Crippen LogP contribution is -2.28. The Labute approximate surface area is 72.7 Å². The average molecular weight is 175 g/mol. The van der Waals surface area contributed by atoms with Gasteiger partial charge in [0, 0.05) is 6.04 Å². The summed E-state index contributed by atoms with van der Waals surface area (Å²) in [6.07, 6.45) is 0.861. The van der Waals surface area contributed by atoms with E-state index in [9.17, 15) is 4.79 Å². The van der Waals surface area contributed by atoms with Gasteiger partial charge in [-0.1, -0.05) is 13.8 Å². The first-order valence-electron chi connectivity index (χ1n) is 4.07. The maximum absolute atomic E-state index is 10.0. The maximum atomic E-state index is 10.0. The van der Waals surface area contributed by atoms with Gasteiger partial charge in [0.1, 0.15) is 6.61 Å². The second kappa shape index (κ2) is 5.97. The number of ether oxygens (including phenoxy) is 1. The fourth-order valence-electron chi connectivity index (χ4n) is 0.971. The van der Waals surface area contributed by atoms with Gasteiger partial charge in [0.25, 0.3) is 0 Å². The number of carboxylic acid groups (broad SMARTS) is 1. The Hall–Kier alpha value is -0.610. The largest absolute Gasteiger partial charge is 0.480 e. The SMILES string of the molecule is CC(C)CC(N)COCC(=O)O. The van der Waals surface area contributed by atoms with Crippen LogP contribution in [0.25, 0.3) is 0 Å². The van der Waals surface area contributed by atoms with Crippen molar-refractivity contribution in [3.63, 3.8) is 0 Å². The van der Waals surface area contributed by atoms with Crippen molar-refractivity contribution in [2.75, 3.05) is 13.2 Å². The van der Waals surface area contributed by atoms with Crippen molar-refractivity contribution in [1.82, 2.24) is 0 Å². The van der Waals surface area contributed by atoms with Crippen molar-refractivity contribution in [2.45, 2.75) is 26.3 Å². The second-order valence-corrected chi connectivity index (χ2v) is 3.30. The summed E-state index contributed by atoms with van der Waals surface area (Å²) in [7, 11) is 0. The highest BCUT2D eigenvalue weighted by molar-refractivity contribution is 5.67. The van der Waals surface area contributed by atoms with E-state index in [-0.39, 0.29) is 12.6 Å². The number of carboxylic acids is 1. The number of nitrogens with two attached hydrogens (primary N) is 1. The lowest BCUT2D eigenvalue weighted by atomic mass is 10.1. The molecule has 0 aromatic rings. The van der Waals surface area contributed by atoms with E-state index in [1.165, 1.54) is 0 Å². The van der Waals surface area contributed by atoms with E-state index in [0.29, 0.717) is 12.5 Å². The third kappa shape index (κ3) is 7.50. The molecule has 3 N–H and O–H groups in total. The molecule has 0 aliphatic rings. The van der Waals surface area contributed by atoms with E-state index in [2.05, 4.69) is 13.8 Å². The van der Waals surface area contributed by atoms with Crippen LogP contribution in [0.15, 0.2) is 0 Å². The van der Waals surface area contributed by atoms with Gasteiger partial charge in [-0.2, -0.15) is 0 Å². The zero-order valence-corrected chi connectivity index (χ0v) is 7.62. The van der Waals surface area contributed by atoms with E-state index in [1.54, 1.807) is 0 Å². The van der Waals surface area contributed by atoms with Gasteiger partial charge in [0.2, 0.25) is 0 Å². The number of hydrogen-bond acceptors (Lipinski definition) is 3. The molecule has 12 heavy (non-hydrogen) atoms. The first-order chi connectivity index (χ1) is 5.52. The Kier molecular flexibility index (Phi) is 5.66. The van der Waals surface area contributed by atoms with E-state index >= 15 is 0 Å². The van der Waals surface area contributed by atoms with Crippen molar-refractivity contribution in [1.29, 1.82) is 0 Å². The fourth-order valence-corrected chi connectivity index (χ4v) is 0.971. The predicted molar refractivity (Wildman–Crippen MR) is 45.9 cm³/mol. The van der Waals surface area contributed by atoms with Gasteiger partial charge in [0.05, 0.1) is 6.61 Å². The van der Waals surface area contributed by atoms with Gasteiger partial charge >= 0.3 is 5.97 Å². The molecule has 0 amide bonds. The predicted octanol–water partition coefficient (Wildman–Crippen LogP) is 0.461. The molecule has 0 bridgehead atoms. The van der Waals surface area contributed by atoms with Gasteiger partial charge in [-0.25, -0.2) is 4.79 Å². The molecule has 72 valence electrons. The quantitative estimate of drug-likeness (QED) is 0.615. The van der Waals surface area contributed by atoms with Crippen LogP contribution < -0.4 is 5.73 Å². The van der Waals surface area contributed by atoms with Crippen LogP contribution >= 0.6 is 0 Å². The molecule has 0 heterocycles. The summed E-state index contributed by atoms with van der Waals surface area (Å²) >= 11 is 0. The van der Waals surface area contributed by atoms with Crippen LogP contribution in [0, 0.1) is 5.92 Å². The average Bonchev–Trinajstić information content (AvgIpc) is 1.84. The molecule has 0 saturated carbocycles. The number of hydrogen-bond donors (Lipinski definition) is 2. The number of aliphatic carboxylic acids is 1. The van der Waals surface area contributed by atoms with Crippen LogP contribution in [0.5, 0.6) is 0 Å². The minimum absolute atomic E-state index is 0.0515. The summed E-state index contributed by atoms with van der Waals surface area (Å²) in [5.41, 5.74) is 5.64. The molecule has 0 saturated heterocycles. The minimum Gasteiger partial charge on any atom is -0.480 e. The first kappa shape index (κ1) is 11.4. The van der Waals surface area contributed by atoms with Gasteiger partial charge < -0.3 is 15.6 Å².